The number of ether oxygens (including phenoxy) is 1. The van der Waals surface area contributed by atoms with Gasteiger partial charge in [-0.1, -0.05) is 13.0 Å². The lowest BCUT2D eigenvalue weighted by atomic mass is 9.89. The molecule has 19 heavy (non-hydrogen) atoms. The number of carbonyl (C=O) groups excluding carboxylic acids is 1. The molecular weight excluding hydrogens is 238 g/mol. The van der Waals surface area contributed by atoms with Gasteiger partial charge in [-0.2, -0.15) is 0 Å². The van der Waals surface area contributed by atoms with Gasteiger partial charge in [-0.05, 0) is 62.6 Å². The molecule has 0 saturated heterocycles. The Hall–Kier alpha value is -1.51. The Labute approximate surface area is 115 Å². The minimum absolute atomic E-state index is 0.0592. The summed E-state index contributed by atoms with van der Waals surface area (Å²) in [5.41, 5.74) is 9.00. The van der Waals surface area contributed by atoms with Crippen molar-refractivity contribution in [1.82, 2.24) is 0 Å². The quantitative estimate of drug-likeness (QED) is 0.653. The molecule has 1 aromatic carbocycles. The molecule has 0 atom stereocenters. The fourth-order valence-corrected chi connectivity index (χ4v) is 2.71. The predicted molar refractivity (Wildman–Crippen MR) is 77.2 cm³/mol. The topological polar surface area (TPSA) is 52.3 Å². The monoisotopic (exact) mass is 261 g/mol. The van der Waals surface area contributed by atoms with Crippen LogP contribution in [0, 0.1) is 19.8 Å². The lowest BCUT2D eigenvalue weighted by Gasteiger charge is -2.26. The van der Waals surface area contributed by atoms with Gasteiger partial charge in [0.25, 0.3) is 0 Å². The van der Waals surface area contributed by atoms with Gasteiger partial charge in [0, 0.05) is 5.69 Å². The molecule has 1 aliphatic rings. The van der Waals surface area contributed by atoms with E-state index in [1.807, 2.05) is 26.0 Å². The van der Waals surface area contributed by atoms with E-state index in [0.29, 0.717) is 11.3 Å². The number of nitrogen functional groups attached to an aromatic ring is 1. The van der Waals surface area contributed by atoms with Gasteiger partial charge in [-0.15, -0.1) is 0 Å². The minimum atomic E-state index is -0.274. The molecule has 2 N–H and O–H groups in total. The third-order valence-electron chi connectivity index (χ3n) is 3.99. The second-order valence-corrected chi connectivity index (χ2v) is 5.83. The van der Waals surface area contributed by atoms with E-state index in [9.17, 15) is 4.79 Å². The van der Waals surface area contributed by atoms with Gasteiger partial charge in [0.1, 0.15) is 6.10 Å². The number of anilines is 1. The highest BCUT2D eigenvalue weighted by molar-refractivity contribution is 5.96. The van der Waals surface area contributed by atoms with Crippen molar-refractivity contribution in [1.29, 1.82) is 0 Å². The first kappa shape index (κ1) is 13.9. The number of benzene rings is 1. The van der Waals surface area contributed by atoms with Crippen LogP contribution in [0.4, 0.5) is 5.69 Å². The molecule has 3 heteroatoms. The Morgan fingerprint density at radius 1 is 1.21 bits per heavy atom. The van der Waals surface area contributed by atoms with Crippen LogP contribution in [0.2, 0.25) is 0 Å². The summed E-state index contributed by atoms with van der Waals surface area (Å²) in [5.74, 6) is 0.477. The highest BCUT2D eigenvalue weighted by Gasteiger charge is 2.23. The number of hydrogen-bond acceptors (Lipinski definition) is 3. The van der Waals surface area contributed by atoms with Crippen LogP contribution < -0.4 is 5.73 Å². The molecule has 0 bridgehead atoms. The van der Waals surface area contributed by atoms with Gasteiger partial charge in [0.05, 0.1) is 5.56 Å². The zero-order valence-electron chi connectivity index (χ0n) is 12.0. The van der Waals surface area contributed by atoms with Crippen molar-refractivity contribution in [3.63, 3.8) is 0 Å². The third-order valence-corrected chi connectivity index (χ3v) is 3.99. The van der Waals surface area contributed by atoms with Crippen LogP contribution in [-0.4, -0.2) is 12.1 Å². The average Bonchev–Trinajstić information content (AvgIpc) is 2.36. The van der Waals surface area contributed by atoms with Gasteiger partial charge in [-0.25, -0.2) is 4.79 Å². The summed E-state index contributed by atoms with van der Waals surface area (Å²) in [4.78, 5) is 12.2. The summed E-state index contributed by atoms with van der Waals surface area (Å²) in [5, 5.41) is 0. The first-order chi connectivity index (χ1) is 8.97. The summed E-state index contributed by atoms with van der Waals surface area (Å²) in [7, 11) is 0. The van der Waals surface area contributed by atoms with Gasteiger partial charge in [-0.3, -0.25) is 0 Å². The zero-order valence-corrected chi connectivity index (χ0v) is 12.0. The first-order valence-electron chi connectivity index (χ1n) is 7.05. The maximum absolute atomic E-state index is 12.2. The second kappa shape index (κ2) is 5.64. The van der Waals surface area contributed by atoms with E-state index >= 15 is 0 Å². The molecule has 3 nitrogen and oxygen atoms in total. The highest BCUT2D eigenvalue weighted by atomic mass is 16.5. The standard InChI is InChI=1S/C16H23NO2/c1-10-4-6-13(7-5-10)19-16(18)14-9-11(2)8-12(3)15(14)17/h8-10,13H,4-7,17H2,1-3H3. The molecule has 0 heterocycles. The first-order valence-corrected chi connectivity index (χ1v) is 7.05. The second-order valence-electron chi connectivity index (χ2n) is 5.83. The van der Waals surface area contributed by atoms with Gasteiger partial charge >= 0.3 is 5.97 Å². The number of esters is 1. The molecule has 1 aromatic rings. The van der Waals surface area contributed by atoms with E-state index in [1.165, 1.54) is 0 Å². The smallest absolute Gasteiger partial charge is 0.340 e. The normalized spacial score (nSPS) is 23.1. The van der Waals surface area contributed by atoms with Gasteiger partial charge in [0.2, 0.25) is 0 Å². The Kier molecular flexibility index (Phi) is 4.13. The molecule has 0 amide bonds. The van der Waals surface area contributed by atoms with Crippen LogP contribution in [0.3, 0.4) is 0 Å². The Morgan fingerprint density at radius 2 is 1.84 bits per heavy atom. The molecule has 0 unspecified atom stereocenters. The van der Waals surface area contributed by atoms with E-state index in [2.05, 4.69) is 6.92 Å². The van der Waals surface area contributed by atoms with Crippen LogP contribution in [0.25, 0.3) is 0 Å². The Morgan fingerprint density at radius 3 is 2.47 bits per heavy atom. The van der Waals surface area contributed by atoms with Gasteiger partial charge < -0.3 is 10.5 Å². The number of aryl methyl sites for hydroxylation is 2. The van der Waals surface area contributed by atoms with Crippen molar-refractivity contribution in [2.45, 2.75) is 52.6 Å². The molecule has 1 fully saturated rings. The summed E-state index contributed by atoms with van der Waals surface area (Å²) in [6.45, 7) is 6.13. The maximum atomic E-state index is 12.2. The predicted octanol–water partition coefficient (Wildman–Crippen LogP) is 3.62. The van der Waals surface area contributed by atoms with E-state index < -0.39 is 0 Å². The largest absolute Gasteiger partial charge is 0.459 e. The van der Waals surface area contributed by atoms with Crippen LogP contribution >= 0.6 is 0 Å². The Bertz CT molecular complexity index is 474. The molecule has 0 spiro atoms. The molecule has 0 radical (unpaired) electrons. The zero-order chi connectivity index (χ0) is 14.0. The lowest BCUT2D eigenvalue weighted by molar-refractivity contribution is 0.0175. The van der Waals surface area contributed by atoms with Crippen LogP contribution in [0.15, 0.2) is 12.1 Å². The third kappa shape index (κ3) is 3.28. The van der Waals surface area contributed by atoms with E-state index in [-0.39, 0.29) is 12.1 Å². The van der Waals surface area contributed by atoms with Crippen molar-refractivity contribution >= 4 is 11.7 Å². The molecule has 1 aliphatic carbocycles. The van der Waals surface area contributed by atoms with Crippen molar-refractivity contribution in [3.05, 3.63) is 28.8 Å². The number of nitrogens with two attached hydrogens (primary N) is 1. The summed E-state index contributed by atoms with van der Waals surface area (Å²) in [6, 6.07) is 3.80. The molecular formula is C16H23NO2. The van der Waals surface area contributed by atoms with Crippen LogP contribution in [-0.2, 0) is 4.74 Å². The maximum Gasteiger partial charge on any atom is 0.340 e. The fourth-order valence-electron chi connectivity index (χ4n) is 2.71. The van der Waals surface area contributed by atoms with Crippen molar-refractivity contribution in [2.75, 3.05) is 5.73 Å². The number of hydrogen-bond donors (Lipinski definition) is 1. The van der Waals surface area contributed by atoms with E-state index in [0.717, 1.165) is 42.7 Å². The van der Waals surface area contributed by atoms with Crippen LogP contribution in [0.1, 0.15) is 54.1 Å². The van der Waals surface area contributed by atoms with E-state index in [4.69, 9.17) is 10.5 Å². The SMILES string of the molecule is Cc1cc(C)c(N)c(C(=O)OC2CCC(C)CC2)c1. The average molecular weight is 261 g/mol. The fraction of sp³-hybridized carbons (Fsp3) is 0.562. The minimum Gasteiger partial charge on any atom is -0.459 e. The highest BCUT2D eigenvalue weighted by Crippen LogP contribution is 2.27. The molecule has 1 saturated carbocycles. The van der Waals surface area contributed by atoms with Crippen molar-refractivity contribution < 1.29 is 9.53 Å². The van der Waals surface area contributed by atoms with Crippen LogP contribution in [0.5, 0.6) is 0 Å². The summed E-state index contributed by atoms with van der Waals surface area (Å²) >= 11 is 0. The number of carbonyl (C=O) groups is 1. The number of rotatable bonds is 2. The Balaban J connectivity index is 2.08. The molecule has 0 aromatic heterocycles. The van der Waals surface area contributed by atoms with Crippen molar-refractivity contribution in [2.24, 2.45) is 5.92 Å². The molecule has 0 aliphatic heterocycles. The molecule has 104 valence electrons. The lowest BCUT2D eigenvalue weighted by Crippen LogP contribution is -2.24. The van der Waals surface area contributed by atoms with Crippen molar-refractivity contribution in [3.8, 4) is 0 Å². The summed E-state index contributed by atoms with van der Waals surface area (Å²) < 4.78 is 5.60. The van der Waals surface area contributed by atoms with E-state index in [1.54, 1.807) is 0 Å². The van der Waals surface area contributed by atoms with Gasteiger partial charge in [0.15, 0.2) is 0 Å². The molecule has 2 rings (SSSR count). The summed E-state index contributed by atoms with van der Waals surface area (Å²) in [6.07, 6.45) is 4.28.